The molecule has 0 radical (unpaired) electrons. The SMILES string of the molecule is c1ccc2cc3cc(-c4ccc(N(c5ccc(-c6ccc(-c7nc8ccccc8s7)cc6)cc5)c5ccc(-c6ccc(-c7nc8ccccc8s7)cc6)cc5)cc4)ccc3cc2c1. The number of para-hydroxylation sites is 2. The smallest absolute Gasteiger partial charge is 0.124 e. The Kier molecular flexibility index (Phi) is 9.21. The minimum atomic E-state index is 1.04. The molecule has 0 fully saturated rings. The zero-order valence-electron chi connectivity index (χ0n) is 34.0. The first-order chi connectivity index (χ1) is 31.1. The average molecular weight is 840 g/mol. The van der Waals surface area contributed by atoms with Gasteiger partial charge < -0.3 is 4.90 Å². The van der Waals surface area contributed by atoms with Gasteiger partial charge in [-0.1, -0.05) is 146 Å². The molecule has 0 bridgehead atoms. The average Bonchev–Trinajstić information content (AvgIpc) is 4.00. The third kappa shape index (κ3) is 7.13. The van der Waals surface area contributed by atoms with E-state index in [4.69, 9.17) is 9.97 Å². The van der Waals surface area contributed by atoms with Crippen molar-refractivity contribution in [2.75, 3.05) is 4.90 Å². The summed E-state index contributed by atoms with van der Waals surface area (Å²) < 4.78 is 2.41. The Bertz CT molecular complexity index is 3360. The molecule has 5 heteroatoms. The molecule has 0 aliphatic rings. The Balaban J connectivity index is 0.858. The number of aromatic nitrogens is 2. The van der Waals surface area contributed by atoms with E-state index < -0.39 is 0 Å². The first-order valence-corrected chi connectivity index (χ1v) is 22.7. The van der Waals surface area contributed by atoms with Crippen LogP contribution in [0.4, 0.5) is 17.1 Å². The number of fused-ring (bicyclic) bond motifs is 4. The number of benzene rings is 10. The summed E-state index contributed by atoms with van der Waals surface area (Å²) in [7, 11) is 0. The van der Waals surface area contributed by atoms with Crippen LogP contribution in [0.25, 0.3) is 96.5 Å². The summed E-state index contributed by atoms with van der Waals surface area (Å²) in [6.45, 7) is 0. The zero-order valence-corrected chi connectivity index (χ0v) is 35.7. The highest BCUT2D eigenvalue weighted by Crippen LogP contribution is 2.39. The molecule has 12 aromatic rings. The number of anilines is 3. The van der Waals surface area contributed by atoms with Crippen molar-refractivity contribution in [1.82, 2.24) is 9.97 Å². The number of nitrogens with zero attached hydrogens (tertiary/aromatic N) is 3. The minimum Gasteiger partial charge on any atom is -0.311 e. The molecule has 0 N–H and O–H groups in total. The number of thiazole rings is 2. The topological polar surface area (TPSA) is 29.0 Å². The molecule has 0 saturated carbocycles. The fourth-order valence-electron chi connectivity index (χ4n) is 8.58. The molecule has 63 heavy (non-hydrogen) atoms. The number of hydrogen-bond donors (Lipinski definition) is 0. The van der Waals surface area contributed by atoms with Crippen molar-refractivity contribution in [2.24, 2.45) is 0 Å². The molecule has 2 heterocycles. The molecular weight excluding hydrogens is 803 g/mol. The van der Waals surface area contributed by atoms with Crippen LogP contribution >= 0.6 is 22.7 Å². The normalized spacial score (nSPS) is 11.5. The van der Waals surface area contributed by atoms with Crippen molar-refractivity contribution in [1.29, 1.82) is 0 Å². The van der Waals surface area contributed by atoms with Gasteiger partial charge in [-0.2, -0.15) is 0 Å². The Hall–Kier alpha value is -7.70. The van der Waals surface area contributed by atoms with Gasteiger partial charge in [0.1, 0.15) is 10.0 Å². The van der Waals surface area contributed by atoms with Crippen LogP contribution in [0.3, 0.4) is 0 Å². The van der Waals surface area contributed by atoms with Crippen LogP contribution in [0.15, 0.2) is 224 Å². The minimum absolute atomic E-state index is 1.04. The summed E-state index contributed by atoms with van der Waals surface area (Å²) in [5.41, 5.74) is 14.7. The van der Waals surface area contributed by atoms with Crippen LogP contribution in [0.5, 0.6) is 0 Å². The summed E-state index contributed by atoms with van der Waals surface area (Å²) in [5.74, 6) is 0. The van der Waals surface area contributed by atoms with Gasteiger partial charge >= 0.3 is 0 Å². The van der Waals surface area contributed by atoms with Gasteiger partial charge in [-0.15, -0.1) is 22.7 Å². The van der Waals surface area contributed by atoms with Gasteiger partial charge in [0.15, 0.2) is 0 Å². The molecule has 3 nitrogen and oxygen atoms in total. The second-order valence-electron chi connectivity index (χ2n) is 15.9. The van der Waals surface area contributed by atoms with Gasteiger partial charge in [0.05, 0.1) is 20.4 Å². The molecule has 296 valence electrons. The van der Waals surface area contributed by atoms with E-state index in [1.54, 1.807) is 22.7 Å². The summed E-state index contributed by atoms with van der Waals surface area (Å²) in [4.78, 5) is 12.1. The lowest BCUT2D eigenvalue weighted by atomic mass is 9.98. The van der Waals surface area contributed by atoms with Crippen LogP contribution < -0.4 is 4.90 Å². The summed E-state index contributed by atoms with van der Waals surface area (Å²) in [6.07, 6.45) is 0. The molecular formula is C58H37N3S2. The van der Waals surface area contributed by atoms with Gasteiger partial charge in [0, 0.05) is 28.2 Å². The fourth-order valence-corrected chi connectivity index (χ4v) is 10.5. The van der Waals surface area contributed by atoms with Crippen molar-refractivity contribution in [3.8, 4) is 54.5 Å². The van der Waals surface area contributed by atoms with Crippen LogP contribution in [0, 0.1) is 0 Å². The summed E-state index contributed by atoms with van der Waals surface area (Å²) >= 11 is 3.47. The van der Waals surface area contributed by atoms with Crippen LogP contribution in [0.1, 0.15) is 0 Å². The van der Waals surface area contributed by atoms with E-state index in [-0.39, 0.29) is 0 Å². The van der Waals surface area contributed by atoms with Crippen LogP contribution in [-0.2, 0) is 0 Å². The van der Waals surface area contributed by atoms with E-state index in [2.05, 4.69) is 217 Å². The monoisotopic (exact) mass is 839 g/mol. The quantitative estimate of drug-likeness (QED) is 0.143. The van der Waals surface area contributed by atoms with Crippen LogP contribution in [0.2, 0.25) is 0 Å². The third-order valence-corrected chi connectivity index (χ3v) is 14.1. The standard InChI is InChI=1S/C58H37N3S2/c1-2-8-46-36-49-37-47(21-22-48(49)35-45(46)7-1)42-27-33-52(34-28-42)61(50-29-23-40(24-30-50)38-13-17-43(18-14-38)57-59-53-9-3-5-11-55(53)62-57)51-31-25-41(26-32-51)39-15-19-44(20-16-39)58-60-54-10-4-6-12-56(54)63-58/h1-37H. The van der Waals surface area contributed by atoms with Gasteiger partial charge in [-0.3, -0.25) is 0 Å². The van der Waals surface area contributed by atoms with E-state index in [1.807, 2.05) is 12.1 Å². The molecule has 12 rings (SSSR count). The van der Waals surface area contributed by atoms with E-state index in [0.29, 0.717) is 0 Å². The van der Waals surface area contributed by atoms with E-state index >= 15 is 0 Å². The highest BCUT2D eigenvalue weighted by molar-refractivity contribution is 7.22. The number of hydrogen-bond acceptors (Lipinski definition) is 5. The van der Waals surface area contributed by atoms with E-state index in [9.17, 15) is 0 Å². The second-order valence-corrected chi connectivity index (χ2v) is 17.9. The summed E-state index contributed by atoms with van der Waals surface area (Å²) in [6, 6.07) is 80.9. The molecule has 0 atom stereocenters. The molecule has 0 spiro atoms. The van der Waals surface area contributed by atoms with Crippen molar-refractivity contribution in [3.05, 3.63) is 224 Å². The lowest BCUT2D eigenvalue weighted by Crippen LogP contribution is -2.09. The van der Waals surface area contributed by atoms with E-state index in [1.165, 1.54) is 64.3 Å². The fraction of sp³-hybridized carbons (Fsp3) is 0. The highest BCUT2D eigenvalue weighted by atomic mass is 32.1. The van der Waals surface area contributed by atoms with Gasteiger partial charge in [-0.05, 0) is 134 Å². The first kappa shape index (κ1) is 37.1. The maximum Gasteiger partial charge on any atom is 0.124 e. The molecule has 10 aromatic carbocycles. The zero-order chi connectivity index (χ0) is 41.7. The molecule has 0 unspecified atom stereocenters. The van der Waals surface area contributed by atoms with Crippen molar-refractivity contribution in [2.45, 2.75) is 0 Å². The van der Waals surface area contributed by atoms with E-state index in [0.717, 1.165) is 49.2 Å². The molecule has 0 amide bonds. The lowest BCUT2D eigenvalue weighted by Gasteiger charge is -2.26. The Morgan fingerprint density at radius 1 is 0.270 bits per heavy atom. The van der Waals surface area contributed by atoms with Crippen molar-refractivity contribution < 1.29 is 0 Å². The van der Waals surface area contributed by atoms with Gasteiger partial charge in [0.25, 0.3) is 0 Å². The summed E-state index contributed by atoms with van der Waals surface area (Å²) in [5, 5.41) is 7.10. The van der Waals surface area contributed by atoms with Gasteiger partial charge in [0.2, 0.25) is 0 Å². The highest BCUT2D eigenvalue weighted by Gasteiger charge is 2.15. The Morgan fingerprint density at radius 3 is 1.05 bits per heavy atom. The largest absolute Gasteiger partial charge is 0.311 e. The second kappa shape index (κ2) is 15.6. The van der Waals surface area contributed by atoms with Crippen molar-refractivity contribution in [3.63, 3.8) is 0 Å². The molecule has 0 aliphatic carbocycles. The molecule has 2 aromatic heterocycles. The third-order valence-electron chi connectivity index (χ3n) is 11.9. The predicted molar refractivity (Wildman–Crippen MR) is 270 cm³/mol. The molecule has 0 saturated heterocycles. The van der Waals surface area contributed by atoms with Crippen LogP contribution in [-0.4, -0.2) is 9.97 Å². The predicted octanol–water partition coefficient (Wildman–Crippen LogP) is 17.0. The van der Waals surface area contributed by atoms with Gasteiger partial charge in [-0.25, -0.2) is 9.97 Å². The maximum atomic E-state index is 4.87. The molecule has 0 aliphatic heterocycles. The first-order valence-electron chi connectivity index (χ1n) is 21.1. The maximum absolute atomic E-state index is 4.87. The number of rotatable bonds is 8. The Morgan fingerprint density at radius 2 is 0.603 bits per heavy atom. The lowest BCUT2D eigenvalue weighted by molar-refractivity contribution is 1.28. The Labute approximate surface area is 373 Å². The van der Waals surface area contributed by atoms with Crippen molar-refractivity contribution >= 4 is 81.7 Å².